The number of carbonyl (C=O) groups excluding carboxylic acids is 1. The van der Waals surface area contributed by atoms with Crippen LogP contribution in [0.4, 0.5) is 0 Å². The van der Waals surface area contributed by atoms with Crippen LogP contribution in [0, 0.1) is 11.3 Å². The van der Waals surface area contributed by atoms with Crippen molar-refractivity contribution in [1.82, 2.24) is 0 Å². The highest BCUT2D eigenvalue weighted by atomic mass is 31.2. The summed E-state index contributed by atoms with van der Waals surface area (Å²) in [5, 5.41) is 13.9. The van der Waals surface area contributed by atoms with Gasteiger partial charge in [-0.2, -0.15) is 5.26 Å². The molecule has 0 amide bonds. The second-order valence-corrected chi connectivity index (χ2v) is 11.9. The van der Waals surface area contributed by atoms with Crippen LogP contribution in [0.3, 0.4) is 0 Å². The van der Waals surface area contributed by atoms with Crippen LogP contribution in [0.1, 0.15) is 24.8 Å². The largest absolute Gasteiger partial charge is 0.377 e. The highest BCUT2D eigenvalue weighted by Crippen LogP contribution is 2.46. The minimum Gasteiger partial charge on any atom is -0.377 e. The molecule has 4 aromatic carbocycles. The number of unbranched alkanes of at least 4 members (excludes halogenated alkanes) is 1. The Morgan fingerprint density at radius 2 is 1.11 bits per heavy atom. The first-order valence-electron chi connectivity index (χ1n) is 12.2. The van der Waals surface area contributed by atoms with Gasteiger partial charge in [-0.1, -0.05) is 121 Å². The molecule has 4 rings (SSSR count). The monoisotopic (exact) mass is 491 g/mol. The third-order valence-electron chi connectivity index (χ3n) is 6.19. The van der Waals surface area contributed by atoms with Gasteiger partial charge in [-0.3, -0.25) is 4.79 Å². The number of nitriles is 1. The zero-order valence-corrected chi connectivity index (χ0v) is 21.2. The van der Waals surface area contributed by atoms with E-state index in [0.717, 1.165) is 27.9 Å². The Morgan fingerprint density at radius 1 is 0.667 bits per heavy atom. The summed E-state index contributed by atoms with van der Waals surface area (Å²) in [5.41, 5.74) is 1.14. The summed E-state index contributed by atoms with van der Waals surface area (Å²) >= 11 is 0. The fourth-order valence-electron chi connectivity index (χ4n) is 4.49. The predicted octanol–water partition coefficient (Wildman–Crippen LogP) is 5.63. The molecule has 0 heterocycles. The van der Waals surface area contributed by atoms with Gasteiger partial charge >= 0.3 is 0 Å². The van der Waals surface area contributed by atoms with E-state index in [9.17, 15) is 10.1 Å². The zero-order chi connectivity index (χ0) is 25.1. The van der Waals surface area contributed by atoms with Crippen molar-refractivity contribution in [2.24, 2.45) is 0 Å². The SMILES string of the molecule is N#CC(C(=O)CCCCOCc1ccccc1)=P(c1ccccc1)(c1ccccc1)c1ccccc1. The summed E-state index contributed by atoms with van der Waals surface area (Å²) < 4.78 is 5.79. The van der Waals surface area contributed by atoms with Gasteiger partial charge in [0, 0.05) is 13.0 Å². The Kier molecular flexibility index (Phi) is 9.06. The molecule has 0 radical (unpaired) electrons. The molecule has 4 aromatic rings. The molecule has 180 valence electrons. The molecule has 0 N–H and O–H groups in total. The van der Waals surface area contributed by atoms with E-state index in [4.69, 9.17) is 4.74 Å². The lowest BCUT2D eigenvalue weighted by molar-refractivity contribution is -0.112. The minimum atomic E-state index is -2.65. The molecule has 36 heavy (non-hydrogen) atoms. The number of rotatable bonds is 11. The van der Waals surface area contributed by atoms with Crippen LogP contribution in [0.25, 0.3) is 0 Å². The van der Waals surface area contributed by atoms with Gasteiger partial charge in [0.15, 0.2) is 5.78 Å². The number of ether oxygens (including phenoxy) is 1. The summed E-state index contributed by atoms with van der Waals surface area (Å²) in [7, 11) is 0. The van der Waals surface area contributed by atoms with Crippen molar-refractivity contribution in [2.75, 3.05) is 6.61 Å². The highest BCUT2D eigenvalue weighted by molar-refractivity contribution is 7.96. The number of hydrogen-bond donors (Lipinski definition) is 0. The van der Waals surface area contributed by atoms with Gasteiger partial charge in [-0.15, -0.1) is 0 Å². The topological polar surface area (TPSA) is 50.1 Å². The molecule has 0 atom stereocenters. The lowest BCUT2D eigenvalue weighted by atomic mass is 10.1. The summed E-state index contributed by atoms with van der Waals surface area (Å²) in [6.07, 6.45) is 1.77. The Hall–Kier alpha value is -3.70. The van der Waals surface area contributed by atoms with Gasteiger partial charge in [0.25, 0.3) is 0 Å². The molecule has 0 spiro atoms. The van der Waals surface area contributed by atoms with Crippen LogP contribution in [-0.2, 0) is 16.1 Å². The first-order valence-corrected chi connectivity index (χ1v) is 14.0. The van der Waals surface area contributed by atoms with Crippen LogP contribution >= 0.6 is 6.89 Å². The average molecular weight is 492 g/mol. The van der Waals surface area contributed by atoms with E-state index < -0.39 is 6.89 Å². The molecule has 0 fully saturated rings. The molecule has 0 bridgehead atoms. The van der Waals surface area contributed by atoms with Crippen LogP contribution in [0.2, 0.25) is 0 Å². The normalized spacial score (nSPS) is 11.0. The summed E-state index contributed by atoms with van der Waals surface area (Å²) in [6.45, 7) is -1.50. The fourth-order valence-corrected chi connectivity index (χ4v) is 8.65. The molecule has 0 aliphatic rings. The van der Waals surface area contributed by atoms with E-state index in [-0.39, 0.29) is 5.78 Å². The standard InChI is InChI=1S/C32H30NO2P/c33-25-32(31(34)23-13-14-24-35-26-27-15-5-1-6-16-27)36(28-17-7-2-8-18-28,29-19-9-3-10-20-29)30-21-11-4-12-22-30/h1-12,15-22H,13-14,23-24,26H2. The van der Waals surface area contributed by atoms with Crippen molar-refractivity contribution >= 4 is 33.9 Å². The van der Waals surface area contributed by atoms with E-state index in [1.165, 1.54) is 0 Å². The van der Waals surface area contributed by atoms with Gasteiger partial charge in [0.1, 0.15) is 11.4 Å². The van der Waals surface area contributed by atoms with Crippen molar-refractivity contribution in [3.8, 4) is 6.07 Å². The summed E-state index contributed by atoms with van der Waals surface area (Å²) in [5.74, 6) is -0.0783. The van der Waals surface area contributed by atoms with Gasteiger partial charge in [0.05, 0.1) is 6.61 Å². The fraction of sp³-hybridized carbons (Fsp3) is 0.156. The molecule has 0 aliphatic heterocycles. The first-order chi connectivity index (χ1) is 17.8. The third kappa shape index (κ3) is 5.74. The maximum Gasteiger partial charge on any atom is 0.174 e. The number of hydrogen-bond acceptors (Lipinski definition) is 3. The summed E-state index contributed by atoms with van der Waals surface area (Å²) in [6, 6.07) is 42.6. The molecule has 0 unspecified atom stereocenters. The molecule has 3 nitrogen and oxygen atoms in total. The number of carbonyl (C=O) groups is 1. The van der Waals surface area contributed by atoms with E-state index in [0.29, 0.717) is 31.3 Å². The molecule has 4 heteroatoms. The van der Waals surface area contributed by atoms with E-state index in [1.807, 2.05) is 84.9 Å². The Morgan fingerprint density at radius 3 is 1.56 bits per heavy atom. The maximum atomic E-state index is 13.7. The van der Waals surface area contributed by atoms with Crippen molar-refractivity contribution in [3.63, 3.8) is 0 Å². The van der Waals surface area contributed by atoms with Crippen molar-refractivity contribution < 1.29 is 9.53 Å². The molecule has 0 aromatic heterocycles. The minimum absolute atomic E-state index is 0.0783. The first kappa shape index (κ1) is 25.4. The van der Waals surface area contributed by atoms with Crippen LogP contribution < -0.4 is 15.9 Å². The molecule has 0 aliphatic carbocycles. The quantitative estimate of drug-likeness (QED) is 0.202. The third-order valence-corrected chi connectivity index (χ3v) is 10.4. The smallest absolute Gasteiger partial charge is 0.174 e. The molecular weight excluding hydrogens is 461 g/mol. The number of benzene rings is 4. The average Bonchev–Trinajstić information content (AvgIpc) is 2.95. The Bertz CT molecular complexity index is 1240. The Balaban J connectivity index is 1.65. The highest BCUT2D eigenvalue weighted by Gasteiger charge is 2.32. The number of nitrogens with zero attached hydrogens (tertiary/aromatic N) is 1. The van der Waals surface area contributed by atoms with Crippen molar-refractivity contribution in [1.29, 1.82) is 5.26 Å². The van der Waals surface area contributed by atoms with Crippen LogP contribution in [-0.4, -0.2) is 17.7 Å². The molecule has 0 saturated carbocycles. The Labute approximate surface area is 214 Å². The summed E-state index contributed by atoms with van der Waals surface area (Å²) in [4.78, 5) is 13.7. The maximum absolute atomic E-state index is 13.7. The van der Waals surface area contributed by atoms with Crippen LogP contribution in [0.15, 0.2) is 121 Å². The predicted molar refractivity (Wildman–Crippen MR) is 151 cm³/mol. The van der Waals surface area contributed by atoms with Gasteiger partial charge in [-0.25, -0.2) is 0 Å². The van der Waals surface area contributed by atoms with E-state index in [2.05, 4.69) is 42.5 Å². The van der Waals surface area contributed by atoms with E-state index in [1.54, 1.807) is 0 Å². The van der Waals surface area contributed by atoms with Gasteiger partial charge < -0.3 is 4.74 Å². The number of Topliss-reactive ketones (excluding diaryl/α,β-unsaturated/α-hetero) is 1. The molecule has 0 saturated heterocycles. The van der Waals surface area contributed by atoms with Gasteiger partial charge in [0.2, 0.25) is 0 Å². The second-order valence-electron chi connectivity index (χ2n) is 8.56. The second kappa shape index (κ2) is 12.8. The van der Waals surface area contributed by atoms with E-state index >= 15 is 0 Å². The van der Waals surface area contributed by atoms with Crippen LogP contribution in [0.5, 0.6) is 0 Å². The lowest BCUT2D eigenvalue weighted by Gasteiger charge is -2.30. The zero-order valence-electron chi connectivity index (χ0n) is 20.3. The lowest BCUT2D eigenvalue weighted by Crippen LogP contribution is -2.33. The van der Waals surface area contributed by atoms with Crippen molar-refractivity contribution in [2.45, 2.75) is 25.9 Å². The van der Waals surface area contributed by atoms with Crippen molar-refractivity contribution in [3.05, 3.63) is 127 Å². The number of ketones is 1. The molecular formula is C32H30NO2P. The van der Waals surface area contributed by atoms with Gasteiger partial charge in [-0.05, 0) is 41.2 Å².